The van der Waals surface area contributed by atoms with Crippen LogP contribution in [0.3, 0.4) is 0 Å². The number of carbonyl (C=O) groups excluding carboxylic acids is 1. The number of carboxylic acids is 1. The molecule has 4 N–H and O–H groups in total. The van der Waals surface area contributed by atoms with Crippen LogP contribution in [0.15, 0.2) is 0 Å². The fraction of sp³-hybridized carbons (Fsp3) is 0.778. The highest BCUT2D eigenvalue weighted by Gasteiger charge is 2.21. The maximum Gasteiger partial charge on any atom is 0.326 e. The summed E-state index contributed by atoms with van der Waals surface area (Å²) in [4.78, 5) is 21.9. The van der Waals surface area contributed by atoms with Crippen LogP contribution in [0.2, 0.25) is 0 Å². The van der Waals surface area contributed by atoms with E-state index in [-0.39, 0.29) is 0 Å². The molecule has 0 aromatic carbocycles. The normalized spacial score (nSPS) is 14.5. The Morgan fingerprint density at radius 2 is 2.00 bits per heavy atom. The number of nitrogens with one attached hydrogen (secondary N) is 1. The van der Waals surface area contributed by atoms with E-state index in [1.165, 1.54) is 0 Å². The van der Waals surface area contributed by atoms with E-state index in [0.29, 0.717) is 19.3 Å². The van der Waals surface area contributed by atoms with E-state index in [1.54, 1.807) is 6.92 Å². The first-order valence-corrected chi connectivity index (χ1v) is 4.81. The van der Waals surface area contributed by atoms with Crippen molar-refractivity contribution in [3.63, 3.8) is 0 Å². The lowest BCUT2D eigenvalue weighted by molar-refractivity contribution is -0.142. The summed E-state index contributed by atoms with van der Waals surface area (Å²) in [6, 6.07) is -1.43. The molecule has 1 unspecified atom stereocenters. The van der Waals surface area contributed by atoms with Crippen LogP contribution in [0.5, 0.6) is 0 Å². The zero-order chi connectivity index (χ0) is 11.1. The fourth-order valence-electron chi connectivity index (χ4n) is 1.01. The fourth-order valence-corrected chi connectivity index (χ4v) is 1.01. The number of hydrogen-bond donors (Lipinski definition) is 3. The van der Waals surface area contributed by atoms with Crippen molar-refractivity contribution < 1.29 is 14.7 Å². The van der Waals surface area contributed by atoms with E-state index in [0.717, 1.165) is 0 Å². The summed E-state index contributed by atoms with van der Waals surface area (Å²) in [5.41, 5.74) is 5.46. The predicted octanol–water partition coefficient (Wildman–Crippen LogP) is 0.0932. The summed E-state index contributed by atoms with van der Waals surface area (Å²) in [6.07, 6.45) is 1.64. The second-order valence-electron chi connectivity index (χ2n) is 3.20. The number of hydrogen-bond acceptors (Lipinski definition) is 3. The molecule has 1 amide bonds. The molecule has 2 atom stereocenters. The van der Waals surface area contributed by atoms with Crippen molar-refractivity contribution in [1.29, 1.82) is 0 Å². The van der Waals surface area contributed by atoms with Crippen LogP contribution in [0.25, 0.3) is 0 Å². The molecule has 0 aliphatic heterocycles. The van der Waals surface area contributed by atoms with E-state index in [2.05, 4.69) is 5.32 Å². The summed E-state index contributed by atoms with van der Waals surface area (Å²) in [5.74, 6) is -1.41. The van der Waals surface area contributed by atoms with Crippen LogP contribution in [-0.2, 0) is 9.59 Å². The topological polar surface area (TPSA) is 92.4 Å². The van der Waals surface area contributed by atoms with Crippen LogP contribution >= 0.6 is 0 Å². The molecule has 14 heavy (non-hydrogen) atoms. The van der Waals surface area contributed by atoms with Gasteiger partial charge in [-0.05, 0) is 12.8 Å². The van der Waals surface area contributed by atoms with Gasteiger partial charge in [0.2, 0.25) is 5.91 Å². The summed E-state index contributed by atoms with van der Waals surface area (Å²) in [7, 11) is 0. The standard InChI is InChI=1S/C9H18N2O3/c1-3-5-7(9(13)14)11-8(12)6(10)4-2/h6-7H,3-5,10H2,1-2H3,(H,11,12)(H,13,14)/t6-,7?/m1/s1. The van der Waals surface area contributed by atoms with Gasteiger partial charge in [-0.1, -0.05) is 20.3 Å². The third kappa shape index (κ3) is 4.23. The van der Waals surface area contributed by atoms with Gasteiger partial charge in [-0.15, -0.1) is 0 Å². The smallest absolute Gasteiger partial charge is 0.326 e. The monoisotopic (exact) mass is 202 g/mol. The van der Waals surface area contributed by atoms with Gasteiger partial charge in [0.05, 0.1) is 6.04 Å². The SMILES string of the molecule is CCCC(NC(=O)[C@H](N)CC)C(=O)O. The first-order chi connectivity index (χ1) is 6.52. The van der Waals surface area contributed by atoms with Crippen molar-refractivity contribution in [2.75, 3.05) is 0 Å². The molecule has 0 aromatic rings. The lowest BCUT2D eigenvalue weighted by Gasteiger charge is -2.16. The highest BCUT2D eigenvalue weighted by Crippen LogP contribution is 1.98. The summed E-state index contributed by atoms with van der Waals surface area (Å²) < 4.78 is 0. The number of amides is 1. The van der Waals surface area contributed by atoms with Gasteiger partial charge in [0.15, 0.2) is 0 Å². The van der Waals surface area contributed by atoms with Crippen LogP contribution in [0.1, 0.15) is 33.1 Å². The quantitative estimate of drug-likeness (QED) is 0.569. The second-order valence-corrected chi connectivity index (χ2v) is 3.20. The average Bonchev–Trinajstić information content (AvgIpc) is 2.15. The number of carboxylic acid groups (broad SMARTS) is 1. The van der Waals surface area contributed by atoms with Crippen molar-refractivity contribution in [2.45, 2.75) is 45.2 Å². The number of carbonyl (C=O) groups is 2. The molecule has 0 radical (unpaired) electrons. The average molecular weight is 202 g/mol. The molecule has 5 nitrogen and oxygen atoms in total. The first kappa shape index (κ1) is 12.9. The Balaban J connectivity index is 4.15. The molecule has 0 fully saturated rings. The lowest BCUT2D eigenvalue weighted by atomic mass is 10.1. The molecule has 0 heterocycles. The molecule has 0 saturated carbocycles. The third-order valence-corrected chi connectivity index (χ3v) is 1.97. The molecular weight excluding hydrogens is 184 g/mol. The number of aliphatic carboxylic acids is 1. The Morgan fingerprint density at radius 3 is 2.36 bits per heavy atom. The van der Waals surface area contributed by atoms with Crippen LogP contribution < -0.4 is 11.1 Å². The Kier molecular flexibility index (Phi) is 5.87. The lowest BCUT2D eigenvalue weighted by Crippen LogP contribution is -2.48. The molecule has 82 valence electrons. The zero-order valence-electron chi connectivity index (χ0n) is 8.62. The molecule has 0 rings (SSSR count). The zero-order valence-corrected chi connectivity index (χ0v) is 8.62. The summed E-state index contributed by atoms with van der Waals surface area (Å²) >= 11 is 0. The predicted molar refractivity (Wildman–Crippen MR) is 52.7 cm³/mol. The van der Waals surface area contributed by atoms with Crippen LogP contribution in [-0.4, -0.2) is 29.1 Å². The van der Waals surface area contributed by atoms with E-state index < -0.39 is 24.0 Å². The molecule has 5 heteroatoms. The largest absolute Gasteiger partial charge is 0.480 e. The first-order valence-electron chi connectivity index (χ1n) is 4.81. The van der Waals surface area contributed by atoms with Crippen LogP contribution in [0.4, 0.5) is 0 Å². The minimum atomic E-state index is -1.01. The highest BCUT2D eigenvalue weighted by molar-refractivity contribution is 5.86. The second kappa shape index (κ2) is 6.37. The van der Waals surface area contributed by atoms with Gasteiger partial charge in [-0.3, -0.25) is 4.79 Å². The third-order valence-electron chi connectivity index (χ3n) is 1.97. The molecule has 0 saturated heterocycles. The Bertz CT molecular complexity index is 206. The van der Waals surface area contributed by atoms with E-state index in [9.17, 15) is 9.59 Å². The van der Waals surface area contributed by atoms with E-state index in [4.69, 9.17) is 10.8 Å². The van der Waals surface area contributed by atoms with Gasteiger partial charge >= 0.3 is 5.97 Å². The van der Waals surface area contributed by atoms with Crippen molar-refractivity contribution in [1.82, 2.24) is 5.32 Å². The maximum absolute atomic E-state index is 11.3. The van der Waals surface area contributed by atoms with Gasteiger partial charge in [0.25, 0.3) is 0 Å². The van der Waals surface area contributed by atoms with Gasteiger partial charge in [-0.2, -0.15) is 0 Å². The van der Waals surface area contributed by atoms with Gasteiger partial charge < -0.3 is 16.2 Å². The number of rotatable bonds is 6. The van der Waals surface area contributed by atoms with Gasteiger partial charge in [-0.25, -0.2) is 4.79 Å². The molecule has 0 bridgehead atoms. The molecule has 0 aliphatic carbocycles. The van der Waals surface area contributed by atoms with Crippen LogP contribution in [0, 0.1) is 0 Å². The maximum atomic E-state index is 11.3. The Labute approximate surface area is 83.7 Å². The minimum absolute atomic E-state index is 0.395. The van der Waals surface area contributed by atoms with Gasteiger partial charge in [0.1, 0.15) is 6.04 Å². The summed E-state index contributed by atoms with van der Waals surface area (Å²) in [6.45, 7) is 3.64. The summed E-state index contributed by atoms with van der Waals surface area (Å²) in [5, 5.41) is 11.2. The van der Waals surface area contributed by atoms with E-state index >= 15 is 0 Å². The van der Waals surface area contributed by atoms with Crippen molar-refractivity contribution in [2.24, 2.45) is 5.73 Å². The molecular formula is C9H18N2O3. The van der Waals surface area contributed by atoms with Crippen molar-refractivity contribution in [3.8, 4) is 0 Å². The molecule has 0 aromatic heterocycles. The molecule has 0 spiro atoms. The highest BCUT2D eigenvalue weighted by atomic mass is 16.4. The Morgan fingerprint density at radius 1 is 1.43 bits per heavy atom. The van der Waals surface area contributed by atoms with Gasteiger partial charge in [0, 0.05) is 0 Å². The van der Waals surface area contributed by atoms with E-state index in [1.807, 2.05) is 6.92 Å². The Hall–Kier alpha value is -1.10. The minimum Gasteiger partial charge on any atom is -0.480 e. The van der Waals surface area contributed by atoms with Crippen molar-refractivity contribution in [3.05, 3.63) is 0 Å². The molecule has 0 aliphatic rings. The van der Waals surface area contributed by atoms with Crippen molar-refractivity contribution >= 4 is 11.9 Å². The number of nitrogens with two attached hydrogens (primary N) is 1.